The molecule has 0 radical (unpaired) electrons. The lowest BCUT2D eigenvalue weighted by atomic mass is 9.98. The molecule has 192 valence electrons. The van der Waals surface area contributed by atoms with Crippen LogP contribution in [-0.2, 0) is 11.4 Å². The zero-order chi connectivity index (χ0) is 26.3. The van der Waals surface area contributed by atoms with Gasteiger partial charge in [0.15, 0.2) is 0 Å². The first-order valence-corrected chi connectivity index (χ1v) is 13.6. The van der Waals surface area contributed by atoms with Crippen molar-refractivity contribution in [3.05, 3.63) is 106 Å². The van der Waals surface area contributed by atoms with Crippen LogP contribution in [-0.4, -0.2) is 21.8 Å². The highest BCUT2D eigenvalue weighted by molar-refractivity contribution is 7.99. The molecular formula is C31H25F2NO3S. The summed E-state index contributed by atoms with van der Waals surface area (Å²) >= 11 is 1.78. The van der Waals surface area contributed by atoms with Crippen molar-refractivity contribution in [2.24, 2.45) is 5.41 Å². The molecule has 6 rings (SSSR count). The molecule has 38 heavy (non-hydrogen) atoms. The SMILES string of the molecule is O=C(O)CC1(CSC2c3ccccc3COc3ccc(/C=C/c4ccc5c(F)cc(F)cc5n4)cc32)CC1. The number of hydrogen-bond acceptors (Lipinski definition) is 4. The fourth-order valence-electron chi connectivity index (χ4n) is 5.01. The molecule has 0 amide bonds. The topological polar surface area (TPSA) is 59.4 Å². The van der Waals surface area contributed by atoms with Gasteiger partial charge in [-0.2, -0.15) is 0 Å². The highest BCUT2D eigenvalue weighted by atomic mass is 32.2. The summed E-state index contributed by atoms with van der Waals surface area (Å²) in [4.78, 5) is 15.8. The number of aliphatic carboxylic acids is 1. The van der Waals surface area contributed by atoms with Crippen molar-refractivity contribution in [1.29, 1.82) is 0 Å². The summed E-state index contributed by atoms with van der Waals surface area (Å²) in [6.45, 7) is 0.476. The summed E-state index contributed by atoms with van der Waals surface area (Å²) in [6, 6.07) is 19.7. The number of carboxylic acids is 1. The maximum atomic E-state index is 14.0. The van der Waals surface area contributed by atoms with E-state index in [0.29, 0.717) is 12.3 Å². The summed E-state index contributed by atoms with van der Waals surface area (Å²) in [6.07, 6.45) is 5.84. The number of hydrogen-bond donors (Lipinski definition) is 1. The van der Waals surface area contributed by atoms with Crippen molar-refractivity contribution in [2.75, 3.05) is 5.75 Å². The van der Waals surface area contributed by atoms with Crippen molar-refractivity contribution >= 4 is 40.8 Å². The molecule has 0 saturated heterocycles. The fraction of sp³-hybridized carbons (Fsp3) is 0.226. The second-order valence-corrected chi connectivity index (χ2v) is 11.2. The van der Waals surface area contributed by atoms with Crippen LogP contribution in [0.3, 0.4) is 0 Å². The van der Waals surface area contributed by atoms with E-state index in [1.54, 1.807) is 23.9 Å². The highest BCUT2D eigenvalue weighted by Crippen LogP contribution is 2.55. The van der Waals surface area contributed by atoms with E-state index >= 15 is 0 Å². The van der Waals surface area contributed by atoms with E-state index in [9.17, 15) is 18.7 Å². The maximum Gasteiger partial charge on any atom is 0.303 e. The Morgan fingerprint density at radius 3 is 2.71 bits per heavy atom. The molecule has 2 heterocycles. The zero-order valence-corrected chi connectivity index (χ0v) is 21.3. The molecular weight excluding hydrogens is 504 g/mol. The largest absolute Gasteiger partial charge is 0.489 e. The lowest BCUT2D eigenvalue weighted by Crippen LogP contribution is -2.12. The number of carboxylic acid groups (broad SMARTS) is 1. The van der Waals surface area contributed by atoms with Gasteiger partial charge in [-0.25, -0.2) is 13.8 Å². The number of nitrogens with zero attached hydrogens (tertiary/aromatic N) is 1. The van der Waals surface area contributed by atoms with Gasteiger partial charge in [0, 0.05) is 28.8 Å². The summed E-state index contributed by atoms with van der Waals surface area (Å²) in [5, 5.41) is 9.67. The number of thioether (sulfide) groups is 1. The molecule has 2 aliphatic rings. The lowest BCUT2D eigenvalue weighted by Gasteiger charge is -2.22. The van der Waals surface area contributed by atoms with Gasteiger partial charge in [-0.1, -0.05) is 36.4 Å². The van der Waals surface area contributed by atoms with Crippen LogP contribution in [0.15, 0.2) is 66.7 Å². The third-order valence-corrected chi connectivity index (χ3v) is 8.89. The molecule has 1 unspecified atom stereocenters. The number of benzene rings is 3. The van der Waals surface area contributed by atoms with Gasteiger partial charge in [-0.15, -0.1) is 11.8 Å². The van der Waals surface area contributed by atoms with E-state index in [4.69, 9.17) is 4.74 Å². The normalized spacial score (nSPS) is 17.5. The summed E-state index contributed by atoms with van der Waals surface area (Å²) in [7, 11) is 0. The van der Waals surface area contributed by atoms with Crippen LogP contribution in [0.5, 0.6) is 5.75 Å². The van der Waals surface area contributed by atoms with E-state index < -0.39 is 17.6 Å². The quantitative estimate of drug-likeness (QED) is 0.266. The van der Waals surface area contributed by atoms with Crippen molar-refractivity contribution in [2.45, 2.75) is 31.1 Å². The monoisotopic (exact) mass is 529 g/mol. The Kier molecular flexibility index (Phi) is 6.40. The smallest absolute Gasteiger partial charge is 0.303 e. The predicted octanol–water partition coefficient (Wildman–Crippen LogP) is 7.65. The van der Waals surface area contributed by atoms with Gasteiger partial charge in [0.2, 0.25) is 0 Å². The Morgan fingerprint density at radius 1 is 1.05 bits per heavy atom. The van der Waals surface area contributed by atoms with E-state index in [2.05, 4.69) is 23.2 Å². The van der Waals surface area contributed by atoms with E-state index in [-0.39, 0.29) is 28.0 Å². The van der Waals surface area contributed by atoms with Gasteiger partial charge < -0.3 is 9.84 Å². The maximum absolute atomic E-state index is 14.0. The number of rotatable bonds is 7. The van der Waals surface area contributed by atoms with E-state index in [1.165, 1.54) is 11.6 Å². The van der Waals surface area contributed by atoms with Crippen LogP contribution in [0.25, 0.3) is 23.1 Å². The van der Waals surface area contributed by atoms with Gasteiger partial charge >= 0.3 is 5.97 Å². The molecule has 1 aromatic heterocycles. The molecule has 1 atom stereocenters. The number of ether oxygens (including phenoxy) is 1. The van der Waals surface area contributed by atoms with Crippen molar-refractivity contribution in [3.8, 4) is 5.75 Å². The van der Waals surface area contributed by atoms with Crippen LogP contribution >= 0.6 is 11.8 Å². The van der Waals surface area contributed by atoms with E-state index in [1.807, 2.05) is 36.4 Å². The minimum atomic E-state index is -0.742. The first kappa shape index (κ1) is 24.6. The Labute approximate surface area is 223 Å². The van der Waals surface area contributed by atoms with Crippen LogP contribution in [0.4, 0.5) is 8.78 Å². The second-order valence-electron chi connectivity index (χ2n) is 10.1. The van der Waals surface area contributed by atoms with Gasteiger partial charge in [0.1, 0.15) is 24.0 Å². The molecule has 0 bridgehead atoms. The summed E-state index contributed by atoms with van der Waals surface area (Å²) < 4.78 is 33.9. The third-order valence-electron chi connectivity index (χ3n) is 7.27. The number of aromatic nitrogens is 1. The second kappa shape index (κ2) is 9.87. The molecule has 1 N–H and O–H groups in total. The predicted molar refractivity (Wildman–Crippen MR) is 146 cm³/mol. The van der Waals surface area contributed by atoms with Crippen LogP contribution in [0.2, 0.25) is 0 Å². The lowest BCUT2D eigenvalue weighted by molar-refractivity contribution is -0.138. The first-order chi connectivity index (χ1) is 18.4. The Bertz CT molecular complexity index is 1580. The molecule has 4 nitrogen and oxygen atoms in total. The Balaban J connectivity index is 1.32. The van der Waals surface area contributed by atoms with Crippen molar-refractivity contribution in [1.82, 2.24) is 4.98 Å². The number of carbonyl (C=O) groups is 1. The molecule has 3 aromatic carbocycles. The summed E-state index contributed by atoms with van der Waals surface area (Å²) in [5.41, 5.74) is 5.03. The summed E-state index contributed by atoms with van der Waals surface area (Å²) in [5.74, 6) is -0.447. The molecule has 1 saturated carbocycles. The molecule has 1 aliphatic carbocycles. The minimum absolute atomic E-state index is 0.00747. The van der Waals surface area contributed by atoms with Crippen LogP contribution in [0, 0.1) is 17.0 Å². The first-order valence-electron chi connectivity index (χ1n) is 12.5. The number of halogens is 2. The number of fused-ring (bicyclic) bond motifs is 3. The Morgan fingerprint density at radius 2 is 1.89 bits per heavy atom. The zero-order valence-electron chi connectivity index (χ0n) is 20.5. The number of pyridine rings is 1. The highest BCUT2D eigenvalue weighted by Gasteiger charge is 2.45. The molecule has 1 fully saturated rings. The van der Waals surface area contributed by atoms with Crippen LogP contribution < -0.4 is 4.74 Å². The van der Waals surface area contributed by atoms with Gasteiger partial charge in [0.05, 0.1) is 22.9 Å². The molecule has 7 heteroatoms. The van der Waals surface area contributed by atoms with E-state index in [0.717, 1.165) is 47.1 Å². The van der Waals surface area contributed by atoms with Gasteiger partial charge in [0.25, 0.3) is 0 Å². The minimum Gasteiger partial charge on any atom is -0.489 e. The average Bonchev–Trinajstić information content (AvgIpc) is 3.67. The van der Waals surface area contributed by atoms with Gasteiger partial charge in [-0.05, 0) is 65.3 Å². The van der Waals surface area contributed by atoms with Crippen molar-refractivity contribution in [3.63, 3.8) is 0 Å². The molecule has 0 spiro atoms. The third kappa shape index (κ3) is 5.03. The molecule has 1 aliphatic heterocycles. The molecule has 4 aromatic rings. The van der Waals surface area contributed by atoms with Crippen LogP contribution in [0.1, 0.15) is 52.5 Å². The average molecular weight is 530 g/mol. The fourth-order valence-corrected chi connectivity index (χ4v) is 6.69. The Hall–Kier alpha value is -3.71. The van der Waals surface area contributed by atoms with Crippen molar-refractivity contribution < 1.29 is 23.4 Å². The standard InChI is InChI=1S/C31H25F2NO3S/c32-21-14-26(33)24-9-8-22(34-27(24)15-21)7-5-19-6-10-28-25(13-19)30(23-4-2-1-3-20(23)17-37-28)38-18-31(11-12-31)16-29(35)36/h1-10,13-15,30H,11-12,16-18H2,(H,35,36)/b7-5+. The van der Waals surface area contributed by atoms with Gasteiger partial charge in [-0.3, -0.25) is 4.79 Å².